The zero-order valence-corrected chi connectivity index (χ0v) is 26.2. The SMILES string of the molecule is CCCN(Cc1ccc(Oc2ccccc2)cc1)C(=O)C1CC(C(=O)OCc2ccc(C(=O)Oc3ccc4c(c3)CCC4)cc2)C1. The van der Waals surface area contributed by atoms with Crippen LogP contribution in [0.3, 0.4) is 0 Å². The molecule has 1 fully saturated rings. The summed E-state index contributed by atoms with van der Waals surface area (Å²) >= 11 is 0. The molecular formula is C39H39NO6. The Kier molecular flexibility index (Phi) is 9.77. The number of rotatable bonds is 12. The van der Waals surface area contributed by atoms with E-state index in [2.05, 4.69) is 6.92 Å². The number of para-hydroxylation sites is 1. The molecule has 0 heterocycles. The topological polar surface area (TPSA) is 82.1 Å². The summed E-state index contributed by atoms with van der Waals surface area (Å²) in [7, 11) is 0. The second-order valence-electron chi connectivity index (χ2n) is 12.2. The maximum absolute atomic E-state index is 13.3. The first-order valence-electron chi connectivity index (χ1n) is 16.2. The van der Waals surface area contributed by atoms with Gasteiger partial charge in [0.05, 0.1) is 11.5 Å². The van der Waals surface area contributed by atoms with E-state index in [0.29, 0.717) is 37.2 Å². The third-order valence-corrected chi connectivity index (χ3v) is 8.75. The Labute approximate surface area is 270 Å². The molecule has 236 valence electrons. The Morgan fingerprint density at radius 1 is 0.739 bits per heavy atom. The number of benzene rings is 4. The maximum atomic E-state index is 13.3. The van der Waals surface area contributed by atoms with Gasteiger partial charge in [0.25, 0.3) is 0 Å². The van der Waals surface area contributed by atoms with Crippen LogP contribution in [-0.4, -0.2) is 29.3 Å². The molecule has 0 unspecified atom stereocenters. The number of nitrogens with zero attached hydrogens (tertiary/aromatic N) is 1. The van der Waals surface area contributed by atoms with Crippen molar-refractivity contribution in [2.45, 2.75) is 58.6 Å². The van der Waals surface area contributed by atoms with Crippen molar-refractivity contribution < 1.29 is 28.6 Å². The molecule has 0 radical (unpaired) electrons. The summed E-state index contributed by atoms with van der Waals surface area (Å²) in [5, 5.41) is 0. The molecule has 4 aromatic rings. The second-order valence-corrected chi connectivity index (χ2v) is 12.2. The molecule has 7 heteroatoms. The van der Waals surface area contributed by atoms with E-state index in [1.807, 2.05) is 77.7 Å². The van der Waals surface area contributed by atoms with Crippen LogP contribution in [-0.2, 0) is 40.3 Å². The number of ether oxygens (including phenoxy) is 3. The molecule has 0 bridgehead atoms. The minimum absolute atomic E-state index is 0.0814. The summed E-state index contributed by atoms with van der Waals surface area (Å²) in [5.74, 6) is 0.983. The number of esters is 2. The lowest BCUT2D eigenvalue weighted by Gasteiger charge is -2.36. The van der Waals surface area contributed by atoms with Crippen LogP contribution in [0.5, 0.6) is 17.2 Å². The number of fused-ring (bicyclic) bond motifs is 1. The molecule has 46 heavy (non-hydrogen) atoms. The van der Waals surface area contributed by atoms with Gasteiger partial charge in [0.15, 0.2) is 0 Å². The van der Waals surface area contributed by atoms with Crippen LogP contribution in [0.15, 0.2) is 97.1 Å². The minimum atomic E-state index is -0.419. The van der Waals surface area contributed by atoms with E-state index in [1.165, 1.54) is 11.1 Å². The molecule has 0 aromatic heterocycles. The first kappa shape index (κ1) is 31.1. The van der Waals surface area contributed by atoms with Crippen LogP contribution in [0.1, 0.15) is 65.2 Å². The summed E-state index contributed by atoms with van der Waals surface area (Å²) in [4.78, 5) is 40.6. The molecule has 7 nitrogen and oxygen atoms in total. The summed E-state index contributed by atoms with van der Waals surface area (Å²) in [6.45, 7) is 3.34. The zero-order chi connectivity index (χ0) is 31.9. The molecule has 1 saturated carbocycles. The van der Waals surface area contributed by atoms with Crippen LogP contribution >= 0.6 is 0 Å². The van der Waals surface area contributed by atoms with Crippen molar-refractivity contribution in [2.75, 3.05) is 6.54 Å². The Hall–Kier alpha value is -4.91. The van der Waals surface area contributed by atoms with Crippen LogP contribution < -0.4 is 9.47 Å². The summed E-state index contributed by atoms with van der Waals surface area (Å²) in [5.41, 5.74) is 4.82. The third-order valence-electron chi connectivity index (χ3n) is 8.75. The third kappa shape index (κ3) is 7.65. The average Bonchev–Trinajstić information content (AvgIpc) is 3.52. The van der Waals surface area contributed by atoms with Crippen LogP contribution in [0.4, 0.5) is 0 Å². The number of amides is 1. The number of hydrogen-bond acceptors (Lipinski definition) is 6. The lowest BCUT2D eigenvalue weighted by atomic mass is 9.74. The first-order valence-corrected chi connectivity index (χ1v) is 16.2. The number of carbonyl (C=O) groups excluding carboxylic acids is 3. The Morgan fingerprint density at radius 2 is 1.41 bits per heavy atom. The van der Waals surface area contributed by atoms with Gasteiger partial charge < -0.3 is 19.1 Å². The molecule has 0 spiro atoms. The highest BCUT2D eigenvalue weighted by Gasteiger charge is 2.41. The van der Waals surface area contributed by atoms with E-state index in [4.69, 9.17) is 14.2 Å². The molecule has 1 amide bonds. The van der Waals surface area contributed by atoms with Crippen molar-refractivity contribution in [3.8, 4) is 17.2 Å². The number of aryl methyl sites for hydroxylation is 2. The van der Waals surface area contributed by atoms with Crippen molar-refractivity contribution >= 4 is 17.8 Å². The highest BCUT2D eigenvalue weighted by Crippen LogP contribution is 2.37. The van der Waals surface area contributed by atoms with Crippen molar-refractivity contribution in [3.63, 3.8) is 0 Å². The van der Waals surface area contributed by atoms with Gasteiger partial charge >= 0.3 is 11.9 Å². The van der Waals surface area contributed by atoms with Crippen LogP contribution in [0.25, 0.3) is 0 Å². The lowest BCUT2D eigenvalue weighted by molar-refractivity contribution is -0.158. The molecule has 0 atom stereocenters. The standard InChI is InChI=1S/C39H39NO6/c1-2-21-40(25-27-13-18-35(19-14-27)45-34-9-4-3-5-10-34)37(41)32-22-33(23-32)38(42)44-26-28-11-15-30(16-12-28)39(43)46-36-20-17-29-7-6-8-31(29)24-36/h3-5,9-20,24,32-33H,2,6-8,21-23,25-26H2,1H3. The normalized spacial score (nSPS) is 16.5. The summed E-state index contributed by atoms with van der Waals surface area (Å²) in [6.07, 6.45) is 5.08. The summed E-state index contributed by atoms with van der Waals surface area (Å²) in [6, 6.07) is 30.2. The van der Waals surface area contributed by atoms with Crippen LogP contribution in [0, 0.1) is 11.8 Å². The van der Waals surface area contributed by atoms with Gasteiger partial charge in [-0.05, 0) is 109 Å². The van der Waals surface area contributed by atoms with Gasteiger partial charge in [-0.3, -0.25) is 9.59 Å². The quantitative estimate of drug-likeness (QED) is 0.120. The van der Waals surface area contributed by atoms with E-state index in [1.54, 1.807) is 24.3 Å². The van der Waals surface area contributed by atoms with Crippen molar-refractivity contribution in [3.05, 3.63) is 125 Å². The molecule has 2 aliphatic carbocycles. The van der Waals surface area contributed by atoms with Crippen molar-refractivity contribution in [1.82, 2.24) is 4.90 Å². The van der Waals surface area contributed by atoms with E-state index >= 15 is 0 Å². The molecule has 6 rings (SSSR count). The first-order chi connectivity index (χ1) is 22.4. The van der Waals surface area contributed by atoms with Gasteiger partial charge in [0, 0.05) is 19.0 Å². The molecule has 0 saturated heterocycles. The van der Waals surface area contributed by atoms with Crippen molar-refractivity contribution in [2.24, 2.45) is 11.8 Å². The van der Waals surface area contributed by atoms with Gasteiger partial charge in [-0.15, -0.1) is 0 Å². The Balaban J connectivity index is 0.941. The van der Waals surface area contributed by atoms with E-state index < -0.39 is 5.97 Å². The van der Waals surface area contributed by atoms with Gasteiger partial charge in [-0.1, -0.05) is 55.5 Å². The maximum Gasteiger partial charge on any atom is 0.343 e. The van der Waals surface area contributed by atoms with E-state index in [0.717, 1.165) is 48.3 Å². The predicted molar refractivity (Wildman–Crippen MR) is 175 cm³/mol. The summed E-state index contributed by atoms with van der Waals surface area (Å²) < 4.78 is 17.0. The highest BCUT2D eigenvalue weighted by molar-refractivity contribution is 5.91. The predicted octanol–water partition coefficient (Wildman–Crippen LogP) is 7.70. The number of hydrogen-bond donors (Lipinski definition) is 0. The minimum Gasteiger partial charge on any atom is -0.461 e. The molecule has 0 N–H and O–H groups in total. The van der Waals surface area contributed by atoms with Gasteiger partial charge in [0.2, 0.25) is 5.91 Å². The van der Waals surface area contributed by atoms with Gasteiger partial charge in [0.1, 0.15) is 23.9 Å². The van der Waals surface area contributed by atoms with E-state index in [-0.39, 0.29) is 30.3 Å². The molecule has 2 aliphatic rings. The fourth-order valence-electron chi connectivity index (χ4n) is 6.10. The van der Waals surface area contributed by atoms with Gasteiger partial charge in [-0.25, -0.2) is 4.79 Å². The largest absolute Gasteiger partial charge is 0.461 e. The zero-order valence-electron chi connectivity index (χ0n) is 26.2. The van der Waals surface area contributed by atoms with E-state index in [9.17, 15) is 14.4 Å². The molecular weight excluding hydrogens is 578 g/mol. The number of carbonyl (C=O) groups is 3. The highest BCUT2D eigenvalue weighted by atomic mass is 16.5. The molecule has 0 aliphatic heterocycles. The molecule has 4 aromatic carbocycles. The van der Waals surface area contributed by atoms with Gasteiger partial charge in [-0.2, -0.15) is 0 Å². The fraction of sp³-hybridized carbons (Fsp3) is 0.308. The Morgan fingerprint density at radius 3 is 2.15 bits per heavy atom. The average molecular weight is 618 g/mol. The monoisotopic (exact) mass is 617 g/mol. The second kappa shape index (κ2) is 14.5. The smallest absolute Gasteiger partial charge is 0.343 e. The fourth-order valence-corrected chi connectivity index (χ4v) is 6.10. The Bertz CT molecular complexity index is 1660. The van der Waals surface area contributed by atoms with Crippen molar-refractivity contribution in [1.29, 1.82) is 0 Å². The van der Waals surface area contributed by atoms with Crippen LogP contribution in [0.2, 0.25) is 0 Å². The lowest BCUT2D eigenvalue weighted by Crippen LogP contribution is -2.44.